The van der Waals surface area contributed by atoms with E-state index in [2.05, 4.69) is 15.3 Å². The number of carbonyl (C=O) groups is 1. The fourth-order valence-electron chi connectivity index (χ4n) is 2.72. The van der Waals surface area contributed by atoms with Crippen molar-refractivity contribution in [1.82, 2.24) is 24.7 Å². The summed E-state index contributed by atoms with van der Waals surface area (Å²) in [5.74, 6) is -0.455. The average molecular weight is 341 g/mol. The van der Waals surface area contributed by atoms with Crippen LogP contribution < -0.4 is 5.43 Å². The van der Waals surface area contributed by atoms with E-state index < -0.39 is 17.6 Å². The standard InChI is InChI=1S/C15H18F3N5O/c1-10-13(14(24)20-22-7-5-21(2)6-8-22)23-9-11(15(16,17)18)3-4-12(23)19-10/h3-4,9H,5-8H2,1-2H3,(H,20,24). The SMILES string of the molecule is Cc1nc2ccc(C(F)(F)F)cn2c1C(=O)NN1CCN(C)CC1. The Morgan fingerprint density at radius 3 is 2.50 bits per heavy atom. The molecule has 0 aromatic carbocycles. The number of nitrogens with one attached hydrogen (secondary N) is 1. The molecular weight excluding hydrogens is 323 g/mol. The number of hydrogen-bond acceptors (Lipinski definition) is 4. The minimum atomic E-state index is -4.47. The van der Waals surface area contributed by atoms with Crippen LogP contribution in [0, 0.1) is 6.92 Å². The number of carbonyl (C=O) groups excluding carboxylic acids is 1. The van der Waals surface area contributed by atoms with Gasteiger partial charge in [-0.15, -0.1) is 0 Å². The van der Waals surface area contributed by atoms with E-state index in [-0.39, 0.29) is 5.69 Å². The number of likely N-dealkylation sites (N-methyl/N-ethyl adjacent to an activating group) is 1. The number of hydrazine groups is 1. The molecule has 1 aliphatic rings. The Bertz CT molecular complexity index is 762. The van der Waals surface area contributed by atoms with E-state index in [0.29, 0.717) is 24.4 Å². The number of aryl methyl sites for hydroxylation is 1. The van der Waals surface area contributed by atoms with Gasteiger partial charge in [-0.3, -0.25) is 14.6 Å². The van der Waals surface area contributed by atoms with Crippen LogP contribution in [0.15, 0.2) is 18.3 Å². The van der Waals surface area contributed by atoms with Crippen molar-refractivity contribution in [2.45, 2.75) is 13.1 Å². The molecule has 1 fully saturated rings. The third kappa shape index (κ3) is 3.22. The molecule has 1 saturated heterocycles. The molecule has 3 rings (SSSR count). The summed E-state index contributed by atoms with van der Waals surface area (Å²) in [5.41, 5.74) is 2.76. The highest BCUT2D eigenvalue weighted by atomic mass is 19.4. The van der Waals surface area contributed by atoms with Crippen LogP contribution in [0.5, 0.6) is 0 Å². The third-order valence-electron chi connectivity index (χ3n) is 4.10. The van der Waals surface area contributed by atoms with Gasteiger partial charge in [0, 0.05) is 32.4 Å². The number of fused-ring (bicyclic) bond motifs is 1. The van der Waals surface area contributed by atoms with E-state index in [1.165, 1.54) is 10.5 Å². The van der Waals surface area contributed by atoms with Crippen LogP contribution in [0.25, 0.3) is 5.65 Å². The van der Waals surface area contributed by atoms with Gasteiger partial charge in [0.2, 0.25) is 0 Å². The minimum Gasteiger partial charge on any atom is -0.304 e. The first-order valence-electron chi connectivity index (χ1n) is 7.56. The summed E-state index contributed by atoms with van der Waals surface area (Å²) in [5, 5.41) is 1.77. The first kappa shape index (κ1) is 16.7. The summed E-state index contributed by atoms with van der Waals surface area (Å²) < 4.78 is 40.0. The normalized spacial score (nSPS) is 17.4. The molecule has 2 aromatic rings. The number of alkyl halides is 3. The molecule has 9 heteroatoms. The highest BCUT2D eigenvalue weighted by Crippen LogP contribution is 2.29. The Labute approximate surface area is 136 Å². The summed E-state index contributed by atoms with van der Waals surface area (Å²) in [6.45, 7) is 4.55. The second kappa shape index (κ2) is 6.06. The number of nitrogens with zero attached hydrogens (tertiary/aromatic N) is 4. The van der Waals surface area contributed by atoms with Gasteiger partial charge in [0.05, 0.1) is 11.3 Å². The summed E-state index contributed by atoms with van der Waals surface area (Å²) >= 11 is 0. The van der Waals surface area contributed by atoms with Gasteiger partial charge in [-0.05, 0) is 26.1 Å². The first-order chi connectivity index (χ1) is 11.3. The summed E-state index contributed by atoms with van der Waals surface area (Å²) in [6.07, 6.45) is -3.56. The first-order valence-corrected chi connectivity index (χ1v) is 7.56. The minimum absolute atomic E-state index is 0.120. The van der Waals surface area contributed by atoms with Gasteiger partial charge < -0.3 is 4.90 Å². The van der Waals surface area contributed by atoms with Crippen LogP contribution >= 0.6 is 0 Å². The van der Waals surface area contributed by atoms with Crippen molar-refractivity contribution in [3.63, 3.8) is 0 Å². The lowest BCUT2D eigenvalue weighted by atomic mass is 10.2. The lowest BCUT2D eigenvalue weighted by Gasteiger charge is -2.32. The van der Waals surface area contributed by atoms with Gasteiger partial charge in [0.25, 0.3) is 5.91 Å². The van der Waals surface area contributed by atoms with Crippen LogP contribution in [0.1, 0.15) is 21.7 Å². The van der Waals surface area contributed by atoms with Crippen molar-refractivity contribution in [3.05, 3.63) is 35.3 Å². The number of halogens is 3. The highest BCUT2D eigenvalue weighted by Gasteiger charge is 2.32. The van der Waals surface area contributed by atoms with Crippen LogP contribution in [-0.4, -0.2) is 58.4 Å². The second-order valence-electron chi connectivity index (χ2n) is 5.92. The van der Waals surface area contributed by atoms with Crippen molar-refractivity contribution in [3.8, 4) is 0 Å². The van der Waals surface area contributed by atoms with E-state index in [0.717, 1.165) is 25.4 Å². The molecule has 1 aliphatic heterocycles. The van der Waals surface area contributed by atoms with E-state index in [1.54, 1.807) is 11.9 Å². The summed E-state index contributed by atoms with van der Waals surface area (Å²) in [4.78, 5) is 18.9. The van der Waals surface area contributed by atoms with E-state index in [1.807, 2.05) is 7.05 Å². The number of piperazine rings is 1. The molecule has 1 N–H and O–H groups in total. The molecule has 0 unspecified atom stereocenters. The lowest BCUT2D eigenvalue weighted by molar-refractivity contribution is -0.137. The van der Waals surface area contributed by atoms with Gasteiger partial charge in [-0.2, -0.15) is 13.2 Å². The fraction of sp³-hybridized carbons (Fsp3) is 0.467. The molecule has 130 valence electrons. The molecule has 0 aliphatic carbocycles. The predicted molar refractivity (Wildman–Crippen MR) is 81.5 cm³/mol. The molecule has 0 bridgehead atoms. The molecule has 0 saturated carbocycles. The predicted octanol–water partition coefficient (Wildman–Crippen LogP) is 1.55. The Morgan fingerprint density at radius 2 is 1.88 bits per heavy atom. The maximum atomic E-state index is 12.9. The Hall–Kier alpha value is -2.13. The fourth-order valence-corrected chi connectivity index (χ4v) is 2.72. The molecule has 3 heterocycles. The summed E-state index contributed by atoms with van der Waals surface area (Å²) in [6, 6.07) is 2.23. The van der Waals surface area contributed by atoms with Crippen LogP contribution in [-0.2, 0) is 6.18 Å². The molecule has 0 spiro atoms. The van der Waals surface area contributed by atoms with Crippen molar-refractivity contribution in [1.29, 1.82) is 0 Å². The molecule has 6 nitrogen and oxygen atoms in total. The molecule has 2 aromatic heterocycles. The van der Waals surface area contributed by atoms with Crippen molar-refractivity contribution in [2.24, 2.45) is 0 Å². The monoisotopic (exact) mass is 341 g/mol. The number of pyridine rings is 1. The Morgan fingerprint density at radius 1 is 1.21 bits per heavy atom. The Balaban J connectivity index is 1.90. The smallest absolute Gasteiger partial charge is 0.304 e. The lowest BCUT2D eigenvalue weighted by Crippen LogP contribution is -2.52. The zero-order valence-electron chi connectivity index (χ0n) is 13.4. The van der Waals surface area contributed by atoms with Crippen molar-refractivity contribution >= 4 is 11.6 Å². The van der Waals surface area contributed by atoms with Crippen LogP contribution in [0.4, 0.5) is 13.2 Å². The molecule has 0 radical (unpaired) electrons. The maximum absolute atomic E-state index is 12.9. The van der Waals surface area contributed by atoms with E-state index in [9.17, 15) is 18.0 Å². The van der Waals surface area contributed by atoms with Crippen molar-refractivity contribution < 1.29 is 18.0 Å². The molecular formula is C15H18F3N5O. The van der Waals surface area contributed by atoms with Gasteiger partial charge in [0.15, 0.2) is 0 Å². The van der Waals surface area contributed by atoms with Crippen molar-refractivity contribution in [2.75, 3.05) is 33.2 Å². The second-order valence-corrected chi connectivity index (χ2v) is 5.92. The largest absolute Gasteiger partial charge is 0.417 e. The zero-order chi connectivity index (χ0) is 17.5. The van der Waals surface area contributed by atoms with Gasteiger partial charge >= 0.3 is 6.18 Å². The Kier molecular flexibility index (Phi) is 4.22. The maximum Gasteiger partial charge on any atom is 0.417 e. The van der Waals surface area contributed by atoms with Crippen LogP contribution in [0.3, 0.4) is 0 Å². The number of amides is 1. The number of rotatable bonds is 2. The highest BCUT2D eigenvalue weighted by molar-refractivity contribution is 5.94. The van der Waals surface area contributed by atoms with Gasteiger partial charge in [-0.25, -0.2) is 9.99 Å². The number of imidazole rings is 1. The van der Waals surface area contributed by atoms with Crippen LogP contribution in [0.2, 0.25) is 0 Å². The van der Waals surface area contributed by atoms with Gasteiger partial charge in [-0.1, -0.05) is 0 Å². The third-order valence-corrected chi connectivity index (χ3v) is 4.10. The number of aromatic nitrogens is 2. The molecule has 24 heavy (non-hydrogen) atoms. The average Bonchev–Trinajstić information content (AvgIpc) is 2.83. The summed E-state index contributed by atoms with van der Waals surface area (Å²) in [7, 11) is 1.99. The quantitative estimate of drug-likeness (QED) is 0.901. The zero-order valence-corrected chi connectivity index (χ0v) is 13.4. The molecule has 1 amide bonds. The number of hydrogen-bond donors (Lipinski definition) is 1. The van der Waals surface area contributed by atoms with E-state index >= 15 is 0 Å². The molecule has 0 atom stereocenters. The van der Waals surface area contributed by atoms with Gasteiger partial charge in [0.1, 0.15) is 11.3 Å². The van der Waals surface area contributed by atoms with E-state index in [4.69, 9.17) is 0 Å². The topological polar surface area (TPSA) is 52.9 Å².